The van der Waals surface area contributed by atoms with E-state index in [0.717, 1.165) is 34.9 Å². The smallest absolute Gasteiger partial charge is 0.303 e. The Labute approximate surface area is 176 Å². The zero-order valence-corrected chi connectivity index (χ0v) is 17.3. The third-order valence-corrected chi connectivity index (χ3v) is 5.49. The molecule has 0 radical (unpaired) electrons. The summed E-state index contributed by atoms with van der Waals surface area (Å²) in [6.45, 7) is 2.15. The van der Waals surface area contributed by atoms with E-state index in [0.29, 0.717) is 6.42 Å². The fraction of sp³-hybridized carbons (Fsp3) is 0.269. The van der Waals surface area contributed by atoms with Crippen LogP contribution in [-0.2, 0) is 4.79 Å². The van der Waals surface area contributed by atoms with Gasteiger partial charge in [-0.2, -0.15) is 0 Å². The van der Waals surface area contributed by atoms with Gasteiger partial charge in [-0.05, 0) is 30.7 Å². The molecule has 4 heteroatoms. The number of fused-ring (bicyclic) bond motifs is 6. The molecule has 0 spiro atoms. The van der Waals surface area contributed by atoms with Crippen molar-refractivity contribution in [3.05, 3.63) is 81.8 Å². The molecule has 0 atom stereocenters. The summed E-state index contributed by atoms with van der Waals surface area (Å²) >= 11 is 0. The largest absolute Gasteiger partial charge is 0.481 e. The fourth-order valence-corrected chi connectivity index (χ4v) is 3.98. The Bertz CT molecular complexity index is 1300. The summed E-state index contributed by atoms with van der Waals surface area (Å²) in [4.78, 5) is 19.6. The molecule has 0 bridgehead atoms. The van der Waals surface area contributed by atoms with Crippen molar-refractivity contribution < 1.29 is 9.90 Å². The molecular weight excluding hydrogens is 372 g/mol. The average molecular weight is 399 g/mol. The lowest BCUT2D eigenvalue weighted by molar-refractivity contribution is -0.137. The Morgan fingerprint density at radius 2 is 1.57 bits per heavy atom. The standard InChI is InChI=1S/C18H10N2.C8H16O2/c1-3-7-14-11(5-1)12-9-10-16-17(18(12)20-14)13-6-2-4-8-15(13)19-16;1-2-3-4-5-6-7-8(9)10/h1-10H;2-7H2,1H3,(H,9,10). The van der Waals surface area contributed by atoms with Gasteiger partial charge < -0.3 is 5.11 Å². The van der Waals surface area contributed by atoms with Crippen LogP contribution in [-0.4, -0.2) is 11.1 Å². The number of nitrogens with zero attached hydrogens (tertiary/aromatic N) is 2. The Morgan fingerprint density at radius 3 is 2.40 bits per heavy atom. The van der Waals surface area contributed by atoms with Gasteiger partial charge in [-0.25, -0.2) is 9.98 Å². The van der Waals surface area contributed by atoms with E-state index in [2.05, 4.69) is 55.5 Å². The topological polar surface area (TPSA) is 62.0 Å². The maximum atomic E-state index is 10.0. The van der Waals surface area contributed by atoms with E-state index in [1.165, 1.54) is 40.8 Å². The maximum absolute atomic E-state index is 10.0. The molecule has 5 rings (SSSR count). The van der Waals surface area contributed by atoms with E-state index in [1.54, 1.807) is 0 Å². The van der Waals surface area contributed by atoms with Crippen LogP contribution in [0.25, 0.3) is 11.1 Å². The first kappa shape index (κ1) is 20.0. The van der Waals surface area contributed by atoms with Crippen LogP contribution >= 0.6 is 0 Å². The molecule has 0 aliphatic carbocycles. The van der Waals surface area contributed by atoms with Crippen LogP contribution in [0.4, 0.5) is 11.4 Å². The first-order valence-electron chi connectivity index (χ1n) is 10.7. The lowest BCUT2D eigenvalue weighted by Gasteiger charge is -2.01. The highest BCUT2D eigenvalue weighted by atomic mass is 16.4. The van der Waals surface area contributed by atoms with Gasteiger partial charge in [-0.15, -0.1) is 0 Å². The van der Waals surface area contributed by atoms with Gasteiger partial charge in [0.15, 0.2) is 0 Å². The molecule has 152 valence electrons. The first-order chi connectivity index (χ1) is 14.7. The van der Waals surface area contributed by atoms with Crippen LogP contribution in [0.1, 0.15) is 45.4 Å². The van der Waals surface area contributed by atoms with Crippen molar-refractivity contribution in [2.75, 3.05) is 0 Å². The molecule has 0 saturated heterocycles. The van der Waals surface area contributed by atoms with Gasteiger partial charge in [0, 0.05) is 28.0 Å². The number of hydrogen-bond donors (Lipinski definition) is 1. The summed E-state index contributed by atoms with van der Waals surface area (Å²) in [5.74, 6) is -0.670. The Kier molecular flexibility index (Phi) is 6.03. The third-order valence-electron chi connectivity index (χ3n) is 5.49. The van der Waals surface area contributed by atoms with Gasteiger partial charge in [0.2, 0.25) is 0 Å². The van der Waals surface area contributed by atoms with Crippen LogP contribution in [0.15, 0.2) is 70.6 Å². The highest BCUT2D eigenvalue weighted by Gasteiger charge is 2.19. The number of carboxylic acids is 1. The molecule has 3 aromatic carbocycles. The predicted molar refractivity (Wildman–Crippen MR) is 119 cm³/mol. The zero-order chi connectivity index (χ0) is 20.9. The zero-order valence-electron chi connectivity index (χ0n) is 17.3. The van der Waals surface area contributed by atoms with Crippen molar-refractivity contribution in [3.8, 4) is 11.1 Å². The van der Waals surface area contributed by atoms with E-state index in [4.69, 9.17) is 15.1 Å². The number of hydrogen-bond acceptors (Lipinski definition) is 3. The highest BCUT2D eigenvalue weighted by Crippen LogP contribution is 2.38. The molecule has 1 N–H and O–H groups in total. The highest BCUT2D eigenvalue weighted by molar-refractivity contribution is 5.86. The molecule has 0 unspecified atom stereocenters. The Balaban J connectivity index is 0.000000188. The van der Waals surface area contributed by atoms with Crippen molar-refractivity contribution in [3.63, 3.8) is 0 Å². The number of unbranched alkanes of at least 4 members (excludes halogenated alkanes) is 4. The molecule has 2 aliphatic heterocycles. The number of aliphatic carboxylic acids is 1. The SMILES string of the molecule is CCCCCCCC(=O)O.c1ccc2c(c1)N=c1ccc3c(c1-2)N=c1ccccc1=3. The fourth-order valence-electron chi connectivity index (χ4n) is 3.98. The minimum atomic E-state index is -0.670. The van der Waals surface area contributed by atoms with Gasteiger partial charge in [-0.3, -0.25) is 4.79 Å². The number of carboxylic acid groups (broad SMARTS) is 1. The second-order valence-corrected chi connectivity index (χ2v) is 7.67. The second kappa shape index (κ2) is 9.04. The van der Waals surface area contributed by atoms with Crippen LogP contribution in [0.5, 0.6) is 0 Å². The molecule has 2 aliphatic rings. The molecule has 30 heavy (non-hydrogen) atoms. The van der Waals surface area contributed by atoms with Crippen LogP contribution in [0, 0.1) is 10.4 Å². The van der Waals surface area contributed by atoms with E-state index in [1.807, 2.05) is 12.1 Å². The van der Waals surface area contributed by atoms with Crippen LogP contribution < -0.4 is 10.7 Å². The van der Waals surface area contributed by atoms with E-state index in [-0.39, 0.29) is 0 Å². The minimum absolute atomic E-state index is 0.337. The van der Waals surface area contributed by atoms with Crippen molar-refractivity contribution in [2.24, 2.45) is 9.98 Å². The second-order valence-electron chi connectivity index (χ2n) is 7.67. The molecule has 0 saturated carbocycles. The summed E-state index contributed by atoms with van der Waals surface area (Å²) < 4.78 is 0. The number of carbonyl (C=O) groups is 1. The van der Waals surface area contributed by atoms with Gasteiger partial charge in [0.25, 0.3) is 0 Å². The lowest BCUT2D eigenvalue weighted by Crippen LogP contribution is -2.00. The maximum Gasteiger partial charge on any atom is 0.303 e. The Hall–Kier alpha value is -3.27. The number of benzene rings is 3. The molecule has 3 aromatic rings. The summed E-state index contributed by atoms with van der Waals surface area (Å²) in [7, 11) is 0. The van der Waals surface area contributed by atoms with Crippen LogP contribution in [0.3, 0.4) is 0 Å². The third kappa shape index (κ3) is 4.04. The summed E-state index contributed by atoms with van der Waals surface area (Å²) in [5.41, 5.74) is 4.48. The van der Waals surface area contributed by atoms with E-state index in [9.17, 15) is 4.79 Å². The van der Waals surface area contributed by atoms with Crippen molar-refractivity contribution in [1.29, 1.82) is 0 Å². The molecule has 0 fully saturated rings. The molecular formula is C26H26N2O2. The predicted octanol–water partition coefficient (Wildman–Crippen LogP) is 5.60. The number of rotatable bonds is 6. The van der Waals surface area contributed by atoms with E-state index >= 15 is 0 Å². The molecule has 0 aromatic heterocycles. The van der Waals surface area contributed by atoms with Gasteiger partial charge in [-0.1, -0.05) is 69.0 Å². The lowest BCUT2D eigenvalue weighted by atomic mass is 10.0. The molecule has 4 nitrogen and oxygen atoms in total. The normalized spacial score (nSPS) is 11.8. The quantitative estimate of drug-likeness (QED) is 0.378. The van der Waals surface area contributed by atoms with Crippen LogP contribution in [0.2, 0.25) is 0 Å². The van der Waals surface area contributed by atoms with Gasteiger partial charge in [0.05, 0.1) is 22.1 Å². The van der Waals surface area contributed by atoms with Gasteiger partial charge in [0.1, 0.15) is 0 Å². The van der Waals surface area contributed by atoms with Crippen molar-refractivity contribution in [1.82, 2.24) is 0 Å². The average Bonchev–Trinajstić information content (AvgIpc) is 3.32. The van der Waals surface area contributed by atoms with Crippen molar-refractivity contribution in [2.45, 2.75) is 45.4 Å². The molecule has 2 heterocycles. The Morgan fingerprint density at radius 1 is 0.800 bits per heavy atom. The first-order valence-corrected chi connectivity index (χ1v) is 10.7. The molecule has 0 amide bonds. The monoisotopic (exact) mass is 398 g/mol. The van der Waals surface area contributed by atoms with Crippen molar-refractivity contribution >= 4 is 17.3 Å². The number of para-hydroxylation sites is 2. The summed E-state index contributed by atoms with van der Waals surface area (Å²) in [5, 5.41) is 12.8. The summed E-state index contributed by atoms with van der Waals surface area (Å²) in [6.07, 6.45) is 5.88. The minimum Gasteiger partial charge on any atom is -0.481 e. The van der Waals surface area contributed by atoms with E-state index < -0.39 is 5.97 Å². The summed E-state index contributed by atoms with van der Waals surface area (Å²) in [6, 6.07) is 20.8. The van der Waals surface area contributed by atoms with Gasteiger partial charge >= 0.3 is 5.97 Å².